The maximum absolute atomic E-state index is 15.1. The van der Waals surface area contributed by atoms with E-state index in [9.17, 15) is 22.8 Å². The van der Waals surface area contributed by atoms with E-state index in [1.807, 2.05) is 55.3 Å². The van der Waals surface area contributed by atoms with Crippen LogP contribution in [0.25, 0.3) is 11.1 Å². The second-order valence-corrected chi connectivity index (χ2v) is 13.1. The lowest BCUT2D eigenvalue weighted by Crippen LogP contribution is -2.10. The molecule has 48 heavy (non-hydrogen) atoms. The molecule has 13 heteroatoms. The lowest BCUT2D eigenvalue weighted by atomic mass is 10.0. The van der Waals surface area contributed by atoms with Gasteiger partial charge in [0.15, 0.2) is 40.7 Å². The van der Waals surface area contributed by atoms with Crippen molar-refractivity contribution in [2.75, 3.05) is 6.61 Å². The van der Waals surface area contributed by atoms with Gasteiger partial charge in [0.05, 0.1) is 21.6 Å². The van der Waals surface area contributed by atoms with Gasteiger partial charge in [-0.05, 0) is 67.1 Å². The number of ether oxygens (including phenoxy) is 1. The fraction of sp³-hybridized carbons (Fsp3) is 0.0571. The van der Waals surface area contributed by atoms with Crippen LogP contribution in [0.4, 0.5) is 35.1 Å². The molecule has 0 saturated heterocycles. The van der Waals surface area contributed by atoms with Crippen molar-refractivity contribution in [2.24, 2.45) is 0 Å². The van der Waals surface area contributed by atoms with E-state index in [-0.39, 0.29) is 16.7 Å². The van der Waals surface area contributed by atoms with E-state index >= 15 is 17.6 Å². The van der Waals surface area contributed by atoms with Crippen LogP contribution in [0.3, 0.4) is 0 Å². The first-order valence-electron chi connectivity index (χ1n) is 13.5. The molecule has 0 aliphatic rings. The maximum Gasteiger partial charge on any atom is 0.204 e. The Hall–Kier alpha value is -4.56. The Morgan fingerprint density at radius 3 is 1.50 bits per heavy atom. The van der Waals surface area contributed by atoms with Gasteiger partial charge in [-0.25, -0.2) is 26.3 Å². The molecule has 5 rings (SSSR count). The molecule has 242 valence electrons. The molecule has 0 bridgehead atoms. The predicted octanol–water partition coefficient (Wildman–Crippen LogP) is 11.1. The molecule has 0 aliphatic heterocycles. The molecule has 0 spiro atoms. The van der Waals surface area contributed by atoms with Gasteiger partial charge >= 0.3 is 0 Å². The van der Waals surface area contributed by atoms with Crippen LogP contribution in [0.15, 0.2) is 96.1 Å². The van der Waals surface area contributed by atoms with Crippen LogP contribution in [0, 0.1) is 77.1 Å². The molecule has 0 fully saturated rings. The highest BCUT2D eigenvalue weighted by molar-refractivity contribution is 8.00. The van der Waals surface area contributed by atoms with E-state index in [1.54, 1.807) is 12.1 Å². The smallest absolute Gasteiger partial charge is 0.204 e. The molecule has 0 saturated carbocycles. The molecule has 2 nitrogen and oxygen atoms in total. The number of benzene rings is 5. The van der Waals surface area contributed by atoms with E-state index in [0.717, 1.165) is 20.2 Å². The number of nitriles is 1. The van der Waals surface area contributed by atoms with Crippen LogP contribution in [-0.4, -0.2) is 6.61 Å². The lowest BCUT2D eigenvalue weighted by Gasteiger charge is -2.15. The molecule has 5 aromatic rings. The topological polar surface area (TPSA) is 33.0 Å². The van der Waals surface area contributed by atoms with E-state index in [0.29, 0.717) is 10.5 Å². The highest BCUT2D eigenvalue weighted by Gasteiger charge is 2.35. The highest BCUT2D eigenvalue weighted by Crippen LogP contribution is 2.43. The lowest BCUT2D eigenvalue weighted by molar-refractivity contribution is 0.307. The molecule has 5 aromatic carbocycles. The number of hydrogen-bond donors (Lipinski definition) is 0. The fourth-order valence-corrected chi connectivity index (χ4v) is 7.06. The van der Waals surface area contributed by atoms with E-state index in [2.05, 4.69) is 10.8 Å². The summed E-state index contributed by atoms with van der Waals surface area (Å²) in [5.41, 5.74) is -2.50. The van der Waals surface area contributed by atoms with E-state index < -0.39 is 74.9 Å². The Bertz CT molecular complexity index is 2070. The van der Waals surface area contributed by atoms with Gasteiger partial charge in [-0.15, -0.1) is 6.42 Å². The molecule has 0 amide bonds. The Kier molecular flexibility index (Phi) is 10.6. The average molecular weight is 716 g/mol. The van der Waals surface area contributed by atoms with Gasteiger partial charge in [-0.3, -0.25) is 0 Å². The van der Waals surface area contributed by atoms with Crippen LogP contribution in [0.5, 0.6) is 5.75 Å². The van der Waals surface area contributed by atoms with Crippen molar-refractivity contribution in [2.45, 2.75) is 36.3 Å². The van der Waals surface area contributed by atoms with Crippen LogP contribution >= 0.6 is 35.3 Å². The largest absolute Gasteiger partial charge is 0.475 e. The Labute approximate surface area is 282 Å². The Morgan fingerprint density at radius 2 is 1.04 bits per heavy atom. The summed E-state index contributed by atoms with van der Waals surface area (Å²) in [6.07, 6.45) is 4.89. The number of rotatable bonds is 9. The number of terminal acetylenes is 1. The molecule has 0 N–H and O–H groups in total. The van der Waals surface area contributed by atoms with Crippen molar-refractivity contribution in [1.82, 2.24) is 0 Å². The summed E-state index contributed by atoms with van der Waals surface area (Å²) >= 11 is 3.09. The molecular formula is C35H17F8NOS3. The van der Waals surface area contributed by atoms with Crippen molar-refractivity contribution in [1.29, 1.82) is 5.26 Å². The summed E-state index contributed by atoms with van der Waals surface area (Å²) in [6.45, 7) is 1.06. The zero-order chi connectivity index (χ0) is 34.7. The van der Waals surface area contributed by atoms with Crippen molar-refractivity contribution in [3.63, 3.8) is 0 Å². The maximum atomic E-state index is 15.1. The summed E-state index contributed by atoms with van der Waals surface area (Å²) in [5, 5.41) is 9.46. The second-order valence-electron chi connectivity index (χ2n) is 9.72. The molecule has 0 aromatic heterocycles. The van der Waals surface area contributed by atoms with Gasteiger partial charge in [0.2, 0.25) is 11.6 Å². The summed E-state index contributed by atoms with van der Waals surface area (Å²) in [5.74, 6) is -17.5. The minimum atomic E-state index is -2.35. The zero-order valence-electron chi connectivity index (χ0n) is 24.2. The molecular weight excluding hydrogens is 699 g/mol. The van der Waals surface area contributed by atoms with Gasteiger partial charge in [0, 0.05) is 24.5 Å². The normalized spacial score (nSPS) is 10.9. The Balaban J connectivity index is 1.35. The monoisotopic (exact) mass is 715 g/mol. The first-order chi connectivity index (χ1) is 23.0. The SMILES string of the molecule is C#CCOc1c(F)c(F)c(-c2c(F)c(F)c(Sc3ccc(Sc4ccc(Sc5cccc(C)c5C#N)cc4)cc3)c(F)c2F)c(F)c1F. The van der Waals surface area contributed by atoms with Crippen LogP contribution in [-0.2, 0) is 0 Å². The van der Waals surface area contributed by atoms with Crippen LogP contribution in [0.2, 0.25) is 0 Å². The quantitative estimate of drug-likeness (QED) is 0.0862. The fourth-order valence-electron chi connectivity index (χ4n) is 4.39. The van der Waals surface area contributed by atoms with Crippen LogP contribution < -0.4 is 4.74 Å². The standard InChI is InChI=1S/C35H17F8NOS3/c1-3-15-45-34-30(40)26(36)24(27(37)31(34)41)25-28(38)32(42)35(33(43)29(25)39)48-21-13-9-19(10-14-21)46-18-7-11-20(12-8-18)47-23-6-4-5-17(2)22(23)16-44/h1,4-14H,15H2,2H3. The van der Waals surface area contributed by atoms with Crippen molar-refractivity contribution in [3.05, 3.63) is 124 Å². The van der Waals surface area contributed by atoms with Crippen molar-refractivity contribution in [3.8, 4) is 35.3 Å². The van der Waals surface area contributed by atoms with Crippen LogP contribution in [0.1, 0.15) is 11.1 Å². The molecule has 0 unspecified atom stereocenters. The molecule has 0 aliphatic carbocycles. The predicted molar refractivity (Wildman–Crippen MR) is 167 cm³/mol. The van der Waals surface area contributed by atoms with Gasteiger partial charge in [-0.1, -0.05) is 53.3 Å². The number of hydrogen-bond acceptors (Lipinski definition) is 5. The van der Waals surface area contributed by atoms with Gasteiger partial charge in [-0.2, -0.15) is 14.0 Å². The van der Waals surface area contributed by atoms with Crippen molar-refractivity contribution >= 4 is 35.3 Å². The first-order valence-corrected chi connectivity index (χ1v) is 15.9. The zero-order valence-corrected chi connectivity index (χ0v) is 26.7. The summed E-state index contributed by atoms with van der Waals surface area (Å²) in [4.78, 5) is 2.26. The number of aryl methyl sites for hydroxylation is 1. The summed E-state index contributed by atoms with van der Waals surface area (Å²) in [7, 11) is 0. The van der Waals surface area contributed by atoms with E-state index in [1.165, 1.54) is 35.7 Å². The third kappa shape index (κ3) is 6.85. The van der Waals surface area contributed by atoms with Gasteiger partial charge in [0.1, 0.15) is 12.7 Å². The minimum absolute atomic E-state index is 0.145. The minimum Gasteiger partial charge on any atom is -0.475 e. The highest BCUT2D eigenvalue weighted by atomic mass is 32.2. The van der Waals surface area contributed by atoms with Crippen molar-refractivity contribution < 1.29 is 39.9 Å². The van der Waals surface area contributed by atoms with Gasteiger partial charge in [0.25, 0.3) is 0 Å². The average Bonchev–Trinajstić information content (AvgIpc) is 3.08. The third-order valence-corrected chi connectivity index (χ3v) is 9.83. The van der Waals surface area contributed by atoms with E-state index in [4.69, 9.17) is 6.42 Å². The molecule has 0 radical (unpaired) electrons. The second kappa shape index (κ2) is 14.7. The number of nitrogens with zero attached hydrogens (tertiary/aromatic N) is 1. The summed E-state index contributed by atoms with van der Waals surface area (Å²) < 4.78 is 123. The summed E-state index contributed by atoms with van der Waals surface area (Å²) in [6, 6.07) is 21.4. The molecule has 0 atom stereocenters. The molecule has 0 heterocycles. The Morgan fingerprint density at radius 1 is 0.604 bits per heavy atom. The first kappa shape index (κ1) is 34.8. The number of halogens is 8. The third-order valence-electron chi connectivity index (χ3n) is 6.67. The van der Waals surface area contributed by atoms with Gasteiger partial charge < -0.3 is 4.74 Å².